The molecular weight excluding hydrogens is 558 g/mol. The first-order chi connectivity index (χ1) is 21.6. The van der Waals surface area contributed by atoms with Crippen LogP contribution in [0.3, 0.4) is 0 Å². The number of fused-ring (bicyclic) bond motifs is 1. The number of hydrogen-bond acceptors (Lipinski definition) is 8. The summed E-state index contributed by atoms with van der Waals surface area (Å²) >= 11 is 0. The second kappa shape index (κ2) is 15.1. The Morgan fingerprint density at radius 1 is 1.00 bits per heavy atom. The molecule has 3 fully saturated rings. The van der Waals surface area contributed by atoms with Gasteiger partial charge in [-0.1, -0.05) is 30.3 Å². The van der Waals surface area contributed by atoms with Gasteiger partial charge in [0.15, 0.2) is 0 Å². The lowest BCUT2D eigenvalue weighted by molar-refractivity contribution is -0.151. The number of anilines is 1. The van der Waals surface area contributed by atoms with Gasteiger partial charge in [-0.3, -0.25) is 4.79 Å². The minimum absolute atomic E-state index is 0.0265. The van der Waals surface area contributed by atoms with Crippen LogP contribution >= 0.6 is 0 Å². The van der Waals surface area contributed by atoms with Crippen LogP contribution < -0.4 is 15.0 Å². The van der Waals surface area contributed by atoms with Gasteiger partial charge < -0.3 is 38.8 Å². The van der Waals surface area contributed by atoms with E-state index in [1.54, 1.807) is 14.0 Å². The second-order valence-corrected chi connectivity index (χ2v) is 12.7. The van der Waals surface area contributed by atoms with Crippen LogP contribution in [0.5, 0.6) is 5.75 Å². The Labute approximate surface area is 262 Å². The summed E-state index contributed by atoms with van der Waals surface area (Å²) in [5.41, 5.74) is 4.62. The fourth-order valence-electron chi connectivity index (χ4n) is 6.73. The minimum atomic E-state index is -0.194. The maximum atomic E-state index is 12.3. The molecule has 2 saturated heterocycles. The van der Waals surface area contributed by atoms with Crippen molar-refractivity contribution in [3.05, 3.63) is 59.2 Å². The van der Waals surface area contributed by atoms with Crippen molar-refractivity contribution < 1.29 is 28.5 Å². The van der Waals surface area contributed by atoms with Crippen molar-refractivity contribution in [3.8, 4) is 5.75 Å². The zero-order chi connectivity index (χ0) is 30.3. The molecule has 1 saturated carbocycles. The molecule has 2 aromatic rings. The number of hydrogen-bond donors (Lipinski definition) is 1. The molecule has 3 aliphatic heterocycles. The number of carbonyl (C=O) groups excluding carboxylic acids is 1. The SMILES string of the molecule is COCCCN1CCOc2ccc(CO[C@H]3CNC[C@@H](OC4CCCN4C(C)=O)[C@@H]3c3ccc(COCC4CC4)cc3)cc21. The van der Waals surface area contributed by atoms with Crippen LogP contribution in [0.4, 0.5) is 5.69 Å². The normalized spacial score (nSPS) is 25.1. The third-order valence-electron chi connectivity index (χ3n) is 9.33. The Balaban J connectivity index is 1.17. The van der Waals surface area contributed by atoms with Crippen LogP contribution in [-0.2, 0) is 37.0 Å². The molecule has 44 heavy (non-hydrogen) atoms. The van der Waals surface area contributed by atoms with Crippen molar-refractivity contribution in [3.63, 3.8) is 0 Å². The van der Waals surface area contributed by atoms with E-state index in [0.717, 1.165) is 81.6 Å². The molecular formula is C35H49N3O6. The zero-order valence-corrected chi connectivity index (χ0v) is 26.4. The molecule has 0 spiro atoms. The maximum absolute atomic E-state index is 12.3. The Bertz CT molecular complexity index is 1220. The quantitative estimate of drug-likeness (QED) is 0.315. The average Bonchev–Trinajstić information content (AvgIpc) is 3.75. The Hall–Kier alpha value is -2.69. The molecule has 240 valence electrons. The van der Waals surface area contributed by atoms with E-state index in [1.165, 1.54) is 24.0 Å². The first-order valence-electron chi connectivity index (χ1n) is 16.5. The van der Waals surface area contributed by atoms with Gasteiger partial charge in [0.2, 0.25) is 5.91 Å². The smallest absolute Gasteiger partial charge is 0.221 e. The number of likely N-dealkylation sites (tertiary alicyclic amines) is 1. The lowest BCUT2D eigenvalue weighted by Gasteiger charge is -2.41. The third kappa shape index (κ3) is 7.93. The number of carbonyl (C=O) groups is 1. The molecule has 1 amide bonds. The predicted octanol–water partition coefficient (Wildman–Crippen LogP) is 4.47. The molecule has 3 heterocycles. The van der Waals surface area contributed by atoms with Crippen molar-refractivity contribution in [2.45, 2.75) is 76.6 Å². The van der Waals surface area contributed by atoms with Crippen LogP contribution in [0.1, 0.15) is 61.6 Å². The number of benzene rings is 2. The fraction of sp³-hybridized carbons (Fsp3) is 0.629. The van der Waals surface area contributed by atoms with Gasteiger partial charge >= 0.3 is 0 Å². The molecule has 6 rings (SSSR count). The van der Waals surface area contributed by atoms with Gasteiger partial charge in [0.05, 0.1) is 37.7 Å². The molecule has 2 aromatic carbocycles. The van der Waals surface area contributed by atoms with E-state index in [9.17, 15) is 4.79 Å². The lowest BCUT2D eigenvalue weighted by atomic mass is 9.85. The summed E-state index contributed by atoms with van der Waals surface area (Å²) < 4.78 is 30.7. The lowest BCUT2D eigenvalue weighted by Crippen LogP contribution is -2.53. The van der Waals surface area contributed by atoms with Gasteiger partial charge in [0.25, 0.3) is 0 Å². The van der Waals surface area contributed by atoms with Crippen LogP contribution in [0, 0.1) is 5.92 Å². The van der Waals surface area contributed by atoms with Crippen LogP contribution in [-0.4, -0.2) is 88.9 Å². The number of amides is 1. The number of nitrogens with one attached hydrogen (secondary N) is 1. The van der Waals surface area contributed by atoms with E-state index in [0.29, 0.717) is 26.4 Å². The highest BCUT2D eigenvalue weighted by atomic mass is 16.5. The molecule has 4 atom stereocenters. The van der Waals surface area contributed by atoms with E-state index in [2.05, 4.69) is 52.7 Å². The summed E-state index contributed by atoms with van der Waals surface area (Å²) in [5, 5.41) is 3.57. The largest absolute Gasteiger partial charge is 0.490 e. The highest BCUT2D eigenvalue weighted by molar-refractivity contribution is 5.73. The summed E-state index contributed by atoms with van der Waals surface area (Å²) in [6.45, 7) is 9.07. The van der Waals surface area contributed by atoms with E-state index in [1.807, 2.05) is 4.90 Å². The Kier molecular flexibility index (Phi) is 10.7. The Morgan fingerprint density at radius 3 is 2.61 bits per heavy atom. The standard InChI is InChI=1S/C35H49N3O6/c1-25(39)38-15-3-5-34(38)44-33-21-36-20-32(35(33)29-11-8-27(9-12-29)23-41-22-26-6-7-26)43-24-28-10-13-31-30(19-28)37(16-18-42-31)14-4-17-40-2/h8-13,19,26,32-36H,3-7,14-18,20-24H2,1-2H3/t32-,33+,34?,35+/m0/s1. The summed E-state index contributed by atoms with van der Waals surface area (Å²) in [4.78, 5) is 16.6. The molecule has 4 aliphatic rings. The van der Waals surface area contributed by atoms with Gasteiger partial charge in [-0.05, 0) is 66.8 Å². The van der Waals surface area contributed by atoms with Gasteiger partial charge in [-0.25, -0.2) is 0 Å². The van der Waals surface area contributed by atoms with Gasteiger partial charge in [0, 0.05) is 59.3 Å². The number of methoxy groups -OCH3 is 1. The third-order valence-corrected chi connectivity index (χ3v) is 9.33. The van der Waals surface area contributed by atoms with E-state index < -0.39 is 0 Å². The minimum Gasteiger partial charge on any atom is -0.490 e. The molecule has 0 radical (unpaired) electrons. The second-order valence-electron chi connectivity index (χ2n) is 12.7. The monoisotopic (exact) mass is 607 g/mol. The van der Waals surface area contributed by atoms with Crippen LogP contribution in [0.15, 0.2) is 42.5 Å². The molecule has 9 heteroatoms. The number of rotatable bonds is 14. The summed E-state index contributed by atoms with van der Waals surface area (Å²) in [7, 11) is 1.75. The summed E-state index contributed by atoms with van der Waals surface area (Å²) in [5.74, 6) is 1.78. The van der Waals surface area contributed by atoms with Crippen molar-refractivity contribution >= 4 is 11.6 Å². The number of ether oxygens (including phenoxy) is 5. The van der Waals surface area contributed by atoms with Crippen molar-refractivity contribution in [2.24, 2.45) is 5.92 Å². The van der Waals surface area contributed by atoms with Gasteiger partial charge in [-0.15, -0.1) is 0 Å². The van der Waals surface area contributed by atoms with Crippen molar-refractivity contribution in [1.29, 1.82) is 0 Å². The van der Waals surface area contributed by atoms with E-state index in [4.69, 9.17) is 23.7 Å². The Morgan fingerprint density at radius 2 is 1.82 bits per heavy atom. The fourth-order valence-corrected chi connectivity index (χ4v) is 6.73. The molecule has 0 bridgehead atoms. The predicted molar refractivity (Wildman–Crippen MR) is 169 cm³/mol. The number of nitrogens with zero attached hydrogens (tertiary/aromatic N) is 2. The molecule has 1 aliphatic carbocycles. The van der Waals surface area contributed by atoms with Crippen LogP contribution in [0.2, 0.25) is 0 Å². The molecule has 1 unspecified atom stereocenters. The van der Waals surface area contributed by atoms with Gasteiger partial charge in [0.1, 0.15) is 18.6 Å². The first-order valence-corrected chi connectivity index (χ1v) is 16.5. The van der Waals surface area contributed by atoms with Crippen molar-refractivity contribution in [1.82, 2.24) is 10.2 Å². The maximum Gasteiger partial charge on any atom is 0.221 e. The first kappa shape index (κ1) is 31.3. The molecule has 9 nitrogen and oxygen atoms in total. The van der Waals surface area contributed by atoms with E-state index in [-0.39, 0.29) is 30.3 Å². The topological polar surface area (TPSA) is 81.7 Å². The van der Waals surface area contributed by atoms with E-state index >= 15 is 0 Å². The zero-order valence-electron chi connectivity index (χ0n) is 26.4. The molecule has 1 N–H and O–H groups in total. The average molecular weight is 608 g/mol. The number of piperidine rings is 1. The highest BCUT2D eigenvalue weighted by Gasteiger charge is 2.39. The molecule has 0 aromatic heterocycles. The highest BCUT2D eigenvalue weighted by Crippen LogP contribution is 2.36. The summed E-state index contributed by atoms with van der Waals surface area (Å²) in [6.07, 6.45) is 4.99. The van der Waals surface area contributed by atoms with Gasteiger partial charge in [-0.2, -0.15) is 0 Å². The summed E-state index contributed by atoms with van der Waals surface area (Å²) in [6, 6.07) is 15.2. The van der Waals surface area contributed by atoms with Crippen molar-refractivity contribution in [2.75, 3.05) is 64.6 Å². The van der Waals surface area contributed by atoms with Crippen LogP contribution in [0.25, 0.3) is 0 Å².